The fraction of sp³-hybridized carbons (Fsp3) is 0.474. The van der Waals surface area contributed by atoms with Crippen molar-refractivity contribution in [2.75, 3.05) is 6.61 Å². The number of hydrogen-bond donors (Lipinski definition) is 2. The van der Waals surface area contributed by atoms with Gasteiger partial charge in [-0.2, -0.15) is 13.2 Å². The van der Waals surface area contributed by atoms with Gasteiger partial charge in [0.25, 0.3) is 5.91 Å². The maximum atomic E-state index is 12.0. The van der Waals surface area contributed by atoms with E-state index in [1.807, 2.05) is 20.8 Å². The molecule has 0 unspecified atom stereocenters. The molecule has 0 aliphatic rings. The number of amides is 1. The third kappa shape index (κ3) is 12.3. The van der Waals surface area contributed by atoms with Gasteiger partial charge in [0.15, 0.2) is 0 Å². The highest BCUT2D eigenvalue weighted by atomic mass is 19.4. The Labute approximate surface area is 167 Å². The average Bonchev–Trinajstić information content (AvgIpc) is 2.58. The van der Waals surface area contributed by atoms with Crippen LogP contribution in [0.2, 0.25) is 0 Å². The van der Waals surface area contributed by atoms with Crippen LogP contribution < -0.4 is 15.8 Å². The predicted molar refractivity (Wildman–Crippen MR) is 102 cm³/mol. The summed E-state index contributed by atoms with van der Waals surface area (Å²) in [6.07, 6.45) is -2.57. The molecule has 0 spiro atoms. The van der Waals surface area contributed by atoms with Crippen LogP contribution in [0, 0.1) is 6.92 Å². The van der Waals surface area contributed by atoms with Crippen molar-refractivity contribution in [1.82, 2.24) is 20.3 Å². The number of halogens is 3. The number of carbonyl (C=O) groups excluding carboxylic acids is 1. The Bertz CT molecular complexity index is 769. The van der Waals surface area contributed by atoms with E-state index in [-0.39, 0.29) is 29.6 Å². The first-order chi connectivity index (χ1) is 13.3. The fourth-order valence-corrected chi connectivity index (χ4v) is 1.72. The van der Waals surface area contributed by atoms with Gasteiger partial charge in [0, 0.05) is 30.0 Å². The zero-order valence-electron chi connectivity index (χ0n) is 16.9. The second kappa shape index (κ2) is 10.7. The van der Waals surface area contributed by atoms with E-state index in [0.29, 0.717) is 11.3 Å². The number of nitrogens with one attached hydrogen (secondary N) is 1. The summed E-state index contributed by atoms with van der Waals surface area (Å²) < 4.78 is 41.0. The van der Waals surface area contributed by atoms with Gasteiger partial charge in [0.05, 0.1) is 13.0 Å². The molecule has 0 saturated heterocycles. The second-order valence-corrected chi connectivity index (χ2v) is 7.31. The summed E-state index contributed by atoms with van der Waals surface area (Å²) in [5.41, 5.74) is 6.96. The van der Waals surface area contributed by atoms with E-state index in [4.69, 9.17) is 10.5 Å². The molecule has 2 aromatic heterocycles. The summed E-state index contributed by atoms with van der Waals surface area (Å²) in [5.74, 6) is -0.258. The molecule has 0 aliphatic heterocycles. The number of rotatable bonds is 6. The Balaban J connectivity index is 0.000000749. The van der Waals surface area contributed by atoms with Crippen LogP contribution in [0.1, 0.15) is 48.9 Å². The summed E-state index contributed by atoms with van der Waals surface area (Å²) in [6, 6.07) is 4.62. The number of nitrogens with two attached hydrogens (primary N) is 1. The molecule has 0 atom stereocenters. The molecule has 0 bridgehead atoms. The van der Waals surface area contributed by atoms with Gasteiger partial charge in [-0.25, -0.2) is 15.0 Å². The van der Waals surface area contributed by atoms with Gasteiger partial charge in [0.1, 0.15) is 12.0 Å². The SMILES string of the molecule is CC(C)(C)N.Cc1cc(C(=O)NCc2ccc(OCCC(F)(F)F)nc2)ncn1. The van der Waals surface area contributed by atoms with Gasteiger partial charge in [-0.05, 0) is 39.3 Å². The van der Waals surface area contributed by atoms with Crippen LogP contribution >= 0.6 is 0 Å². The molecule has 7 nitrogen and oxygen atoms in total. The quantitative estimate of drug-likeness (QED) is 0.754. The molecule has 2 heterocycles. The standard InChI is InChI=1S/C15H15F3N4O2.C4H11N/c1-10-6-12(22-9-21-10)14(23)20-8-11-2-3-13(19-7-11)24-5-4-15(16,17)18;1-4(2,3)5/h2-3,6-7,9H,4-5,8H2,1H3,(H,20,23);5H2,1-3H3. The number of hydrogen-bond acceptors (Lipinski definition) is 6. The van der Waals surface area contributed by atoms with Gasteiger partial charge < -0.3 is 15.8 Å². The first kappa shape index (κ1) is 24.3. The molecule has 160 valence electrons. The Morgan fingerprint density at radius 2 is 1.83 bits per heavy atom. The molecule has 0 saturated carbocycles. The highest BCUT2D eigenvalue weighted by molar-refractivity contribution is 5.92. The lowest BCUT2D eigenvalue weighted by Gasteiger charge is -2.09. The molecular formula is C19H26F3N5O2. The lowest BCUT2D eigenvalue weighted by molar-refractivity contribution is -0.139. The van der Waals surface area contributed by atoms with E-state index in [2.05, 4.69) is 20.3 Å². The van der Waals surface area contributed by atoms with Gasteiger partial charge in [0.2, 0.25) is 5.88 Å². The number of aromatic nitrogens is 3. The zero-order chi connectivity index (χ0) is 22.1. The normalized spacial score (nSPS) is 11.3. The molecule has 3 N–H and O–H groups in total. The van der Waals surface area contributed by atoms with Gasteiger partial charge in [-0.3, -0.25) is 4.79 Å². The van der Waals surface area contributed by atoms with Crippen molar-refractivity contribution < 1.29 is 22.7 Å². The van der Waals surface area contributed by atoms with Crippen LogP contribution in [0.15, 0.2) is 30.7 Å². The molecule has 2 aromatic rings. The highest BCUT2D eigenvalue weighted by Crippen LogP contribution is 2.19. The first-order valence-corrected chi connectivity index (χ1v) is 8.84. The zero-order valence-corrected chi connectivity index (χ0v) is 16.9. The minimum atomic E-state index is -4.26. The molecule has 0 aliphatic carbocycles. The number of ether oxygens (including phenoxy) is 1. The van der Waals surface area contributed by atoms with Gasteiger partial charge in [-0.15, -0.1) is 0 Å². The van der Waals surface area contributed by atoms with Crippen LogP contribution in [0.4, 0.5) is 13.2 Å². The van der Waals surface area contributed by atoms with E-state index >= 15 is 0 Å². The topological polar surface area (TPSA) is 103 Å². The van der Waals surface area contributed by atoms with Crippen molar-refractivity contribution in [2.45, 2.75) is 52.4 Å². The van der Waals surface area contributed by atoms with Crippen LogP contribution in [-0.4, -0.2) is 39.2 Å². The van der Waals surface area contributed by atoms with Crippen LogP contribution in [0.25, 0.3) is 0 Å². The van der Waals surface area contributed by atoms with Gasteiger partial charge in [-0.1, -0.05) is 6.07 Å². The van der Waals surface area contributed by atoms with Crippen LogP contribution in [0.5, 0.6) is 5.88 Å². The molecule has 0 radical (unpaired) electrons. The van der Waals surface area contributed by atoms with E-state index < -0.39 is 19.2 Å². The number of pyridine rings is 1. The number of carbonyl (C=O) groups is 1. The molecule has 29 heavy (non-hydrogen) atoms. The van der Waals surface area contributed by atoms with E-state index in [1.165, 1.54) is 18.6 Å². The fourth-order valence-electron chi connectivity index (χ4n) is 1.72. The Morgan fingerprint density at radius 3 is 2.34 bits per heavy atom. The lowest BCUT2D eigenvalue weighted by Crippen LogP contribution is -2.26. The largest absolute Gasteiger partial charge is 0.477 e. The van der Waals surface area contributed by atoms with Crippen LogP contribution in [-0.2, 0) is 6.54 Å². The smallest absolute Gasteiger partial charge is 0.392 e. The summed E-state index contributed by atoms with van der Waals surface area (Å²) >= 11 is 0. The minimum absolute atomic E-state index is 0. The maximum absolute atomic E-state index is 12.0. The summed E-state index contributed by atoms with van der Waals surface area (Å²) in [4.78, 5) is 23.6. The molecule has 0 aromatic carbocycles. The Hall–Kier alpha value is -2.75. The summed E-state index contributed by atoms with van der Waals surface area (Å²) in [7, 11) is 0. The third-order valence-electron chi connectivity index (χ3n) is 2.92. The summed E-state index contributed by atoms with van der Waals surface area (Å²) in [6.45, 7) is 7.37. The predicted octanol–water partition coefficient (Wildman–Crippen LogP) is 3.18. The van der Waals surface area contributed by atoms with Crippen molar-refractivity contribution in [2.24, 2.45) is 5.73 Å². The highest BCUT2D eigenvalue weighted by Gasteiger charge is 2.26. The van der Waals surface area contributed by atoms with Crippen molar-refractivity contribution >= 4 is 5.91 Å². The number of nitrogens with zero attached hydrogens (tertiary/aromatic N) is 3. The van der Waals surface area contributed by atoms with E-state index in [0.717, 1.165) is 0 Å². The minimum Gasteiger partial charge on any atom is -0.477 e. The second-order valence-electron chi connectivity index (χ2n) is 7.31. The Kier molecular flexibility index (Phi) is 8.96. The molecule has 0 fully saturated rings. The van der Waals surface area contributed by atoms with Crippen molar-refractivity contribution in [3.63, 3.8) is 0 Å². The summed E-state index contributed by atoms with van der Waals surface area (Å²) in [5, 5.41) is 2.67. The van der Waals surface area contributed by atoms with Crippen molar-refractivity contribution in [3.05, 3.63) is 47.7 Å². The van der Waals surface area contributed by atoms with E-state index in [1.54, 1.807) is 19.1 Å². The van der Waals surface area contributed by atoms with Crippen molar-refractivity contribution in [3.8, 4) is 5.88 Å². The van der Waals surface area contributed by atoms with E-state index in [9.17, 15) is 18.0 Å². The number of aryl methyl sites for hydroxylation is 1. The van der Waals surface area contributed by atoms with Crippen LogP contribution in [0.3, 0.4) is 0 Å². The Morgan fingerprint density at radius 1 is 1.17 bits per heavy atom. The monoisotopic (exact) mass is 413 g/mol. The third-order valence-corrected chi connectivity index (χ3v) is 2.92. The molecular weight excluding hydrogens is 387 g/mol. The molecule has 1 amide bonds. The maximum Gasteiger partial charge on any atom is 0.392 e. The molecule has 10 heteroatoms. The molecule has 2 rings (SSSR count). The first-order valence-electron chi connectivity index (χ1n) is 8.84. The van der Waals surface area contributed by atoms with Gasteiger partial charge >= 0.3 is 6.18 Å². The lowest BCUT2D eigenvalue weighted by atomic mass is 10.1. The average molecular weight is 413 g/mol. The van der Waals surface area contributed by atoms with Crippen molar-refractivity contribution in [1.29, 1.82) is 0 Å². The number of alkyl halides is 3.